The van der Waals surface area contributed by atoms with Gasteiger partial charge in [-0.2, -0.15) is 0 Å². The third-order valence-corrected chi connectivity index (χ3v) is 4.11. The topological polar surface area (TPSA) is 35.6 Å². The minimum Gasteiger partial charge on any atom is -0.378 e. The van der Waals surface area contributed by atoms with Gasteiger partial charge in [-0.15, -0.1) is 0 Å². The van der Waals surface area contributed by atoms with Gasteiger partial charge in [-0.25, -0.2) is 0 Å². The number of hydrogen-bond donors (Lipinski definition) is 1. The van der Waals surface area contributed by atoms with Crippen LogP contribution < -0.4 is 10.2 Å². The Labute approximate surface area is 128 Å². The third-order valence-electron chi connectivity index (χ3n) is 4.11. The minimum absolute atomic E-state index is 0.0502. The highest BCUT2D eigenvalue weighted by atomic mass is 16.1. The van der Waals surface area contributed by atoms with Crippen LogP contribution in [0.15, 0.2) is 24.3 Å². The van der Waals surface area contributed by atoms with Crippen molar-refractivity contribution in [1.29, 1.82) is 0 Å². The van der Waals surface area contributed by atoms with E-state index in [0.717, 1.165) is 37.2 Å². The van der Waals surface area contributed by atoms with E-state index in [-0.39, 0.29) is 5.91 Å². The molecule has 1 aliphatic heterocycles. The molecule has 4 nitrogen and oxygen atoms in total. The highest BCUT2D eigenvalue weighted by molar-refractivity contribution is 5.94. The normalized spacial score (nSPS) is 16.7. The molecule has 1 N–H and O–H groups in total. The van der Waals surface area contributed by atoms with Crippen LogP contribution >= 0.6 is 0 Å². The minimum atomic E-state index is 0.0502. The number of nitrogens with one attached hydrogen (secondary N) is 1. The van der Waals surface area contributed by atoms with Crippen molar-refractivity contribution in [2.75, 3.05) is 38.6 Å². The second kappa shape index (κ2) is 7.46. The number of carbonyl (C=O) groups is 1. The predicted octanol–water partition coefficient (Wildman–Crippen LogP) is 2.36. The number of nitrogens with zero attached hydrogens (tertiary/aromatic N) is 2. The Kier molecular flexibility index (Phi) is 5.62. The molecule has 2 rings (SSSR count). The summed E-state index contributed by atoms with van der Waals surface area (Å²) in [6.45, 7) is 5.58. The van der Waals surface area contributed by atoms with Crippen LogP contribution in [0.2, 0.25) is 0 Å². The molecule has 0 saturated carbocycles. The Morgan fingerprint density at radius 1 is 1.24 bits per heavy atom. The van der Waals surface area contributed by atoms with Gasteiger partial charge in [0.2, 0.25) is 0 Å². The van der Waals surface area contributed by atoms with E-state index in [0.29, 0.717) is 6.04 Å². The molecule has 1 aliphatic rings. The first-order chi connectivity index (χ1) is 10.1. The van der Waals surface area contributed by atoms with Crippen molar-refractivity contribution in [2.45, 2.75) is 32.2 Å². The monoisotopic (exact) mass is 289 g/mol. The van der Waals surface area contributed by atoms with Crippen LogP contribution in [0.3, 0.4) is 0 Å². The van der Waals surface area contributed by atoms with Gasteiger partial charge in [-0.3, -0.25) is 4.79 Å². The largest absolute Gasteiger partial charge is 0.378 e. The van der Waals surface area contributed by atoms with Crippen LogP contribution in [0.5, 0.6) is 0 Å². The average Bonchev–Trinajstić information content (AvgIpc) is 2.49. The molecule has 0 unspecified atom stereocenters. The Morgan fingerprint density at radius 3 is 2.38 bits per heavy atom. The molecular weight excluding hydrogens is 262 g/mol. The fourth-order valence-corrected chi connectivity index (χ4v) is 2.80. The van der Waals surface area contributed by atoms with Crippen LogP contribution in [0.25, 0.3) is 0 Å². The van der Waals surface area contributed by atoms with Gasteiger partial charge >= 0.3 is 0 Å². The van der Waals surface area contributed by atoms with Crippen LogP contribution in [-0.2, 0) is 0 Å². The molecule has 0 aromatic heterocycles. The average molecular weight is 289 g/mol. The molecule has 1 aromatic rings. The first-order valence-electron chi connectivity index (χ1n) is 7.90. The molecule has 1 saturated heterocycles. The summed E-state index contributed by atoms with van der Waals surface area (Å²) in [5, 5.41) is 3.17. The van der Waals surface area contributed by atoms with Gasteiger partial charge in [0.05, 0.1) is 0 Å². The smallest absolute Gasteiger partial charge is 0.251 e. The maximum atomic E-state index is 12.3. The van der Waals surface area contributed by atoms with Gasteiger partial charge in [0, 0.05) is 44.5 Å². The summed E-state index contributed by atoms with van der Waals surface area (Å²) in [6.07, 6.45) is 3.32. The molecule has 0 spiro atoms. The number of likely N-dealkylation sites (tertiary alicyclic amines) is 1. The van der Waals surface area contributed by atoms with E-state index in [2.05, 4.69) is 17.1 Å². The zero-order valence-corrected chi connectivity index (χ0v) is 13.4. The van der Waals surface area contributed by atoms with Crippen molar-refractivity contribution in [3.05, 3.63) is 29.8 Å². The zero-order chi connectivity index (χ0) is 15.2. The number of amides is 1. The SMILES string of the molecule is CCCN1CCC(NC(=O)c2ccc(N(C)C)cc2)CC1. The van der Waals surface area contributed by atoms with E-state index in [4.69, 9.17) is 0 Å². The molecule has 116 valence electrons. The first-order valence-corrected chi connectivity index (χ1v) is 7.90. The molecule has 1 amide bonds. The van der Waals surface area contributed by atoms with Gasteiger partial charge in [-0.1, -0.05) is 6.92 Å². The highest BCUT2D eigenvalue weighted by Gasteiger charge is 2.20. The summed E-state index contributed by atoms with van der Waals surface area (Å²) in [4.78, 5) is 16.8. The summed E-state index contributed by atoms with van der Waals surface area (Å²) in [5.41, 5.74) is 1.86. The summed E-state index contributed by atoms with van der Waals surface area (Å²) in [5.74, 6) is 0.0502. The van der Waals surface area contributed by atoms with Crippen molar-refractivity contribution in [3.8, 4) is 0 Å². The van der Waals surface area contributed by atoms with Gasteiger partial charge in [-0.05, 0) is 50.1 Å². The number of piperidine rings is 1. The summed E-state index contributed by atoms with van der Waals surface area (Å²) in [6, 6.07) is 8.09. The number of carbonyl (C=O) groups excluding carboxylic acids is 1. The fourth-order valence-electron chi connectivity index (χ4n) is 2.80. The van der Waals surface area contributed by atoms with Crippen molar-refractivity contribution in [1.82, 2.24) is 10.2 Å². The maximum Gasteiger partial charge on any atom is 0.251 e. The van der Waals surface area contributed by atoms with Crippen molar-refractivity contribution in [2.24, 2.45) is 0 Å². The Morgan fingerprint density at radius 2 is 1.86 bits per heavy atom. The molecule has 0 atom stereocenters. The summed E-state index contributed by atoms with van der Waals surface area (Å²) in [7, 11) is 4.00. The fraction of sp³-hybridized carbons (Fsp3) is 0.588. The lowest BCUT2D eigenvalue weighted by Gasteiger charge is -2.32. The predicted molar refractivity (Wildman–Crippen MR) is 88.0 cm³/mol. The van der Waals surface area contributed by atoms with E-state index in [9.17, 15) is 4.79 Å². The van der Waals surface area contributed by atoms with Crippen molar-refractivity contribution < 1.29 is 4.79 Å². The van der Waals surface area contributed by atoms with Crippen LogP contribution in [0.1, 0.15) is 36.5 Å². The first kappa shape index (κ1) is 15.8. The standard InChI is InChI=1S/C17H27N3O/c1-4-11-20-12-9-15(10-13-20)18-17(21)14-5-7-16(8-6-14)19(2)3/h5-8,15H,4,9-13H2,1-3H3,(H,18,21). The third kappa shape index (κ3) is 4.46. The van der Waals surface area contributed by atoms with Crippen molar-refractivity contribution >= 4 is 11.6 Å². The Bertz CT molecular complexity index is 448. The molecule has 1 heterocycles. The van der Waals surface area contributed by atoms with Gasteiger partial charge in [0.25, 0.3) is 5.91 Å². The number of hydrogen-bond acceptors (Lipinski definition) is 3. The van der Waals surface area contributed by atoms with Crippen LogP contribution in [0, 0.1) is 0 Å². The summed E-state index contributed by atoms with van der Waals surface area (Å²) >= 11 is 0. The number of benzene rings is 1. The van der Waals surface area contributed by atoms with E-state index in [1.54, 1.807) is 0 Å². The van der Waals surface area contributed by atoms with Gasteiger partial charge in [0.1, 0.15) is 0 Å². The van der Waals surface area contributed by atoms with Crippen molar-refractivity contribution in [3.63, 3.8) is 0 Å². The van der Waals surface area contributed by atoms with Gasteiger partial charge < -0.3 is 15.1 Å². The summed E-state index contributed by atoms with van der Waals surface area (Å²) < 4.78 is 0. The van der Waals surface area contributed by atoms with Crippen LogP contribution in [-0.4, -0.2) is 50.6 Å². The second-order valence-electron chi connectivity index (χ2n) is 6.03. The molecule has 0 aliphatic carbocycles. The lowest BCUT2D eigenvalue weighted by atomic mass is 10.0. The second-order valence-corrected chi connectivity index (χ2v) is 6.03. The van der Waals surface area contributed by atoms with E-state index < -0.39 is 0 Å². The quantitative estimate of drug-likeness (QED) is 0.904. The highest BCUT2D eigenvalue weighted by Crippen LogP contribution is 2.14. The molecular formula is C17H27N3O. The molecule has 1 aromatic carbocycles. The van der Waals surface area contributed by atoms with E-state index >= 15 is 0 Å². The van der Waals surface area contributed by atoms with Gasteiger partial charge in [0.15, 0.2) is 0 Å². The number of rotatable bonds is 5. The molecule has 0 bridgehead atoms. The molecule has 4 heteroatoms. The zero-order valence-electron chi connectivity index (χ0n) is 13.4. The number of anilines is 1. The molecule has 0 radical (unpaired) electrons. The molecule has 1 fully saturated rings. The lowest BCUT2D eigenvalue weighted by Crippen LogP contribution is -2.44. The van der Waals surface area contributed by atoms with E-state index in [1.807, 2.05) is 43.3 Å². The Balaban J connectivity index is 1.84. The Hall–Kier alpha value is -1.55. The van der Waals surface area contributed by atoms with Crippen LogP contribution in [0.4, 0.5) is 5.69 Å². The maximum absolute atomic E-state index is 12.3. The lowest BCUT2D eigenvalue weighted by molar-refractivity contribution is 0.0911. The van der Waals surface area contributed by atoms with E-state index in [1.165, 1.54) is 13.0 Å². The molecule has 21 heavy (non-hydrogen) atoms.